The predicted octanol–water partition coefficient (Wildman–Crippen LogP) is 2.45. The zero-order valence-electron chi connectivity index (χ0n) is 9.40. The number of hydrogen-bond acceptors (Lipinski definition) is 3. The van der Waals surface area contributed by atoms with Crippen LogP contribution in [-0.2, 0) is 15.5 Å². The van der Waals surface area contributed by atoms with Crippen molar-refractivity contribution in [3.8, 4) is 0 Å². The molecule has 1 aromatic rings. The fourth-order valence-corrected chi connectivity index (χ4v) is 2.74. The average molecular weight is 262 g/mol. The molecule has 0 aliphatic heterocycles. The van der Waals surface area contributed by atoms with E-state index in [1.807, 2.05) is 13.8 Å². The van der Waals surface area contributed by atoms with Gasteiger partial charge in [0.2, 0.25) is 0 Å². The quantitative estimate of drug-likeness (QED) is 0.829. The molecule has 0 aromatic heterocycles. The first-order chi connectivity index (χ1) is 7.52. The molecular weight excluding hydrogens is 246 g/mol. The van der Waals surface area contributed by atoms with Gasteiger partial charge >= 0.3 is 0 Å². The van der Waals surface area contributed by atoms with Gasteiger partial charge in [0.15, 0.2) is 0 Å². The highest BCUT2D eigenvalue weighted by Crippen LogP contribution is 2.25. The molecule has 1 rings (SSSR count). The van der Waals surface area contributed by atoms with E-state index in [4.69, 9.17) is 22.1 Å². The van der Waals surface area contributed by atoms with E-state index in [2.05, 4.69) is 0 Å². The minimum atomic E-state index is -1.20. The third-order valence-corrected chi connectivity index (χ3v) is 3.82. The lowest BCUT2D eigenvalue weighted by Gasteiger charge is -2.09. The smallest absolute Gasteiger partial charge is 0.0804 e. The molecule has 0 heterocycles. The first kappa shape index (κ1) is 13.5. The van der Waals surface area contributed by atoms with Crippen LogP contribution in [0.15, 0.2) is 23.1 Å². The van der Waals surface area contributed by atoms with Crippen molar-refractivity contribution in [2.24, 2.45) is 0 Å². The summed E-state index contributed by atoms with van der Waals surface area (Å²) < 4.78 is 17.3. The van der Waals surface area contributed by atoms with Crippen LogP contribution >= 0.6 is 11.6 Å². The first-order valence-electron chi connectivity index (χ1n) is 5.06. The van der Waals surface area contributed by atoms with Crippen molar-refractivity contribution in [3.05, 3.63) is 23.2 Å². The van der Waals surface area contributed by atoms with Gasteiger partial charge in [-0.2, -0.15) is 0 Å². The lowest BCUT2D eigenvalue weighted by atomic mass is 10.3. The van der Waals surface area contributed by atoms with Gasteiger partial charge in [0.05, 0.1) is 39.2 Å². The number of rotatable bonds is 5. The maximum absolute atomic E-state index is 11.9. The summed E-state index contributed by atoms with van der Waals surface area (Å²) in [6, 6.07) is 5.12. The van der Waals surface area contributed by atoms with Crippen molar-refractivity contribution in [2.45, 2.75) is 24.8 Å². The highest BCUT2D eigenvalue weighted by molar-refractivity contribution is 7.85. The van der Waals surface area contributed by atoms with Gasteiger partial charge in [-0.05, 0) is 26.0 Å². The van der Waals surface area contributed by atoms with Gasteiger partial charge in [-0.3, -0.25) is 4.21 Å². The molecule has 0 aliphatic rings. The van der Waals surface area contributed by atoms with Crippen molar-refractivity contribution in [3.63, 3.8) is 0 Å². The third-order valence-electron chi connectivity index (χ3n) is 1.95. The molecule has 0 radical (unpaired) electrons. The van der Waals surface area contributed by atoms with Crippen LogP contribution in [0.4, 0.5) is 5.69 Å². The molecule has 5 heteroatoms. The minimum Gasteiger partial charge on any atom is -0.398 e. The lowest BCUT2D eigenvalue weighted by molar-refractivity contribution is 0.0916. The Hall–Kier alpha value is -0.580. The highest BCUT2D eigenvalue weighted by Gasteiger charge is 2.12. The maximum atomic E-state index is 11.9. The zero-order chi connectivity index (χ0) is 12.1. The van der Waals surface area contributed by atoms with Crippen LogP contribution in [0, 0.1) is 0 Å². The summed E-state index contributed by atoms with van der Waals surface area (Å²) >= 11 is 5.95. The molecule has 3 nitrogen and oxygen atoms in total. The Kier molecular flexibility index (Phi) is 5.25. The molecule has 1 atom stereocenters. The summed E-state index contributed by atoms with van der Waals surface area (Å²) in [4.78, 5) is 0.511. The van der Waals surface area contributed by atoms with Crippen LogP contribution in [0.2, 0.25) is 5.02 Å². The summed E-state index contributed by atoms with van der Waals surface area (Å²) in [7, 11) is -1.20. The van der Waals surface area contributed by atoms with Crippen LogP contribution in [0.3, 0.4) is 0 Å². The van der Waals surface area contributed by atoms with Gasteiger partial charge in [-0.25, -0.2) is 0 Å². The lowest BCUT2D eigenvalue weighted by Crippen LogP contribution is -2.12. The molecule has 0 aliphatic carbocycles. The Morgan fingerprint density at radius 3 is 2.75 bits per heavy atom. The van der Waals surface area contributed by atoms with E-state index in [9.17, 15) is 4.21 Å². The largest absolute Gasteiger partial charge is 0.398 e. The number of ether oxygens (including phenoxy) is 1. The van der Waals surface area contributed by atoms with E-state index in [0.29, 0.717) is 28.0 Å². The summed E-state index contributed by atoms with van der Waals surface area (Å²) in [5.74, 6) is 0.409. The second-order valence-corrected chi connectivity index (χ2v) is 5.54. The highest BCUT2D eigenvalue weighted by atomic mass is 35.5. The molecule has 0 spiro atoms. The van der Waals surface area contributed by atoms with Crippen LogP contribution in [0.1, 0.15) is 13.8 Å². The summed E-state index contributed by atoms with van der Waals surface area (Å²) in [5, 5.41) is 0.447. The van der Waals surface area contributed by atoms with E-state index < -0.39 is 10.8 Å². The second-order valence-electron chi connectivity index (χ2n) is 3.63. The normalized spacial score (nSPS) is 13.0. The van der Waals surface area contributed by atoms with Crippen LogP contribution in [-0.4, -0.2) is 22.7 Å². The molecular formula is C11H16ClNO2S. The Morgan fingerprint density at radius 1 is 1.50 bits per heavy atom. The minimum absolute atomic E-state index is 0.139. The van der Waals surface area contributed by atoms with E-state index in [-0.39, 0.29) is 6.10 Å². The molecule has 1 aromatic carbocycles. The Balaban J connectivity index is 2.66. The fraction of sp³-hybridized carbons (Fsp3) is 0.455. The second kappa shape index (κ2) is 6.23. The summed E-state index contributed by atoms with van der Waals surface area (Å²) in [6.45, 7) is 4.31. The van der Waals surface area contributed by atoms with Crippen molar-refractivity contribution in [1.82, 2.24) is 0 Å². The Bertz CT molecular complexity index is 362. The number of nitrogens with two attached hydrogens (primary N) is 1. The topological polar surface area (TPSA) is 52.3 Å². The molecule has 0 saturated heterocycles. The zero-order valence-corrected chi connectivity index (χ0v) is 11.0. The first-order valence-corrected chi connectivity index (χ1v) is 6.76. The van der Waals surface area contributed by atoms with Crippen molar-refractivity contribution >= 4 is 28.1 Å². The predicted molar refractivity (Wildman–Crippen MR) is 68.2 cm³/mol. The average Bonchev–Trinajstić information content (AvgIpc) is 2.16. The number of hydrogen-bond donors (Lipinski definition) is 1. The van der Waals surface area contributed by atoms with E-state index in [1.165, 1.54) is 0 Å². The number of anilines is 1. The summed E-state index contributed by atoms with van der Waals surface area (Å²) in [6.07, 6.45) is 0.139. The van der Waals surface area contributed by atoms with E-state index in [1.54, 1.807) is 18.2 Å². The molecule has 0 saturated carbocycles. The number of nitrogen functional groups attached to an aromatic ring is 1. The molecule has 0 fully saturated rings. The Labute approximate surface area is 103 Å². The van der Waals surface area contributed by atoms with Gasteiger partial charge in [0.25, 0.3) is 0 Å². The fourth-order valence-electron chi connectivity index (χ4n) is 1.23. The molecule has 1 unspecified atom stereocenters. The molecule has 2 N–H and O–H groups in total. The SMILES string of the molecule is CC(C)OCCS(=O)c1c(N)cccc1Cl. The monoisotopic (exact) mass is 261 g/mol. The van der Waals surface area contributed by atoms with Gasteiger partial charge in [0.1, 0.15) is 0 Å². The standard InChI is InChI=1S/C11H16ClNO2S/c1-8(2)15-6-7-16(14)11-9(12)4-3-5-10(11)13/h3-5,8H,6-7,13H2,1-2H3. The summed E-state index contributed by atoms with van der Waals surface area (Å²) in [5.41, 5.74) is 6.20. The van der Waals surface area contributed by atoms with Crippen LogP contribution in [0.25, 0.3) is 0 Å². The molecule has 90 valence electrons. The van der Waals surface area contributed by atoms with Crippen molar-refractivity contribution < 1.29 is 8.95 Å². The number of halogens is 1. The molecule has 0 bridgehead atoms. The van der Waals surface area contributed by atoms with Crippen molar-refractivity contribution in [1.29, 1.82) is 0 Å². The number of benzene rings is 1. The third kappa shape index (κ3) is 3.77. The van der Waals surface area contributed by atoms with Crippen molar-refractivity contribution in [2.75, 3.05) is 18.1 Å². The van der Waals surface area contributed by atoms with Gasteiger partial charge in [-0.15, -0.1) is 0 Å². The van der Waals surface area contributed by atoms with Gasteiger partial charge in [0, 0.05) is 5.69 Å². The van der Waals surface area contributed by atoms with E-state index >= 15 is 0 Å². The van der Waals surface area contributed by atoms with Gasteiger partial charge in [-0.1, -0.05) is 17.7 Å². The van der Waals surface area contributed by atoms with E-state index in [0.717, 1.165) is 0 Å². The Morgan fingerprint density at radius 2 is 2.19 bits per heavy atom. The molecule has 0 amide bonds. The van der Waals surface area contributed by atoms with Crippen LogP contribution < -0.4 is 5.73 Å². The van der Waals surface area contributed by atoms with Gasteiger partial charge < -0.3 is 10.5 Å². The maximum Gasteiger partial charge on any atom is 0.0804 e. The molecule has 16 heavy (non-hydrogen) atoms. The van der Waals surface area contributed by atoms with Crippen LogP contribution in [0.5, 0.6) is 0 Å².